The molecule has 1 aliphatic rings. The van der Waals surface area contributed by atoms with E-state index in [9.17, 15) is 9.59 Å². The fourth-order valence-corrected chi connectivity index (χ4v) is 2.91. The monoisotopic (exact) mass is 303 g/mol. The van der Waals surface area contributed by atoms with Crippen LogP contribution >= 0.6 is 0 Å². The van der Waals surface area contributed by atoms with Crippen molar-refractivity contribution in [1.29, 1.82) is 0 Å². The van der Waals surface area contributed by atoms with E-state index in [0.717, 1.165) is 30.5 Å². The lowest BCUT2D eigenvalue weighted by molar-refractivity contribution is -0.121. The van der Waals surface area contributed by atoms with Gasteiger partial charge in [-0.2, -0.15) is 0 Å². The van der Waals surface area contributed by atoms with Crippen molar-refractivity contribution in [2.24, 2.45) is 7.05 Å². The average Bonchev–Trinajstić information content (AvgIpc) is 3.13. The molecule has 1 atom stereocenters. The summed E-state index contributed by atoms with van der Waals surface area (Å²) < 4.78 is 8.74. The van der Waals surface area contributed by atoms with Gasteiger partial charge in [0.25, 0.3) is 0 Å². The number of nitrogens with zero attached hydrogens (tertiary/aromatic N) is 2. The predicted molar refractivity (Wildman–Crippen MR) is 83.8 cm³/mol. The van der Waals surface area contributed by atoms with Gasteiger partial charge in [-0.3, -0.25) is 13.9 Å². The summed E-state index contributed by atoms with van der Waals surface area (Å²) in [5.74, 6) is -0.0460. The Morgan fingerprint density at radius 1 is 1.36 bits per heavy atom. The summed E-state index contributed by atoms with van der Waals surface area (Å²) in [6.45, 7) is 1.73. The molecule has 2 aromatic rings. The van der Waals surface area contributed by atoms with Crippen LogP contribution in [0.15, 0.2) is 29.1 Å². The molecule has 118 valence electrons. The second kappa shape index (κ2) is 6.36. The number of benzene rings is 1. The van der Waals surface area contributed by atoms with E-state index in [1.165, 1.54) is 0 Å². The van der Waals surface area contributed by atoms with Crippen LogP contribution in [-0.2, 0) is 23.1 Å². The summed E-state index contributed by atoms with van der Waals surface area (Å²) in [6.07, 6.45) is 2.50. The van der Waals surface area contributed by atoms with E-state index in [2.05, 4.69) is 5.32 Å². The highest BCUT2D eigenvalue weighted by Crippen LogP contribution is 2.12. The Morgan fingerprint density at radius 3 is 2.86 bits per heavy atom. The number of carbonyl (C=O) groups is 1. The topological polar surface area (TPSA) is 65.3 Å². The maximum Gasteiger partial charge on any atom is 0.328 e. The van der Waals surface area contributed by atoms with Gasteiger partial charge in [-0.1, -0.05) is 12.1 Å². The molecule has 2 heterocycles. The zero-order chi connectivity index (χ0) is 15.5. The van der Waals surface area contributed by atoms with Gasteiger partial charge in [0.15, 0.2) is 0 Å². The van der Waals surface area contributed by atoms with Crippen molar-refractivity contribution in [3.05, 3.63) is 34.7 Å². The molecule has 1 saturated heterocycles. The summed E-state index contributed by atoms with van der Waals surface area (Å²) in [5.41, 5.74) is 1.65. The molecule has 0 bridgehead atoms. The third-order valence-corrected chi connectivity index (χ3v) is 4.17. The minimum atomic E-state index is -0.0897. The van der Waals surface area contributed by atoms with Crippen LogP contribution in [0, 0.1) is 0 Å². The molecule has 1 N–H and O–H groups in total. The van der Waals surface area contributed by atoms with Crippen molar-refractivity contribution in [3.63, 3.8) is 0 Å². The molecule has 0 spiro atoms. The van der Waals surface area contributed by atoms with Gasteiger partial charge in [-0.25, -0.2) is 4.79 Å². The fourth-order valence-electron chi connectivity index (χ4n) is 2.91. The summed E-state index contributed by atoms with van der Waals surface area (Å²) in [7, 11) is 1.75. The fraction of sp³-hybridized carbons (Fsp3) is 0.500. The molecular weight excluding hydrogens is 282 g/mol. The van der Waals surface area contributed by atoms with Crippen molar-refractivity contribution < 1.29 is 9.53 Å². The smallest absolute Gasteiger partial charge is 0.328 e. The van der Waals surface area contributed by atoms with Crippen LogP contribution in [-0.4, -0.2) is 34.3 Å². The highest BCUT2D eigenvalue weighted by atomic mass is 16.5. The molecular formula is C16H21N3O3. The van der Waals surface area contributed by atoms with Crippen LogP contribution in [0.25, 0.3) is 11.0 Å². The number of amides is 1. The van der Waals surface area contributed by atoms with Crippen molar-refractivity contribution in [1.82, 2.24) is 14.5 Å². The molecule has 3 rings (SSSR count). The zero-order valence-electron chi connectivity index (χ0n) is 12.7. The Balaban J connectivity index is 1.62. The maximum absolute atomic E-state index is 12.2. The van der Waals surface area contributed by atoms with Gasteiger partial charge in [-0.15, -0.1) is 0 Å². The van der Waals surface area contributed by atoms with Crippen molar-refractivity contribution in [2.75, 3.05) is 13.2 Å². The quantitative estimate of drug-likeness (QED) is 0.897. The molecule has 0 radical (unpaired) electrons. The van der Waals surface area contributed by atoms with Gasteiger partial charge >= 0.3 is 5.69 Å². The number of fused-ring (bicyclic) bond motifs is 1. The van der Waals surface area contributed by atoms with Crippen LogP contribution < -0.4 is 11.0 Å². The van der Waals surface area contributed by atoms with E-state index in [1.54, 1.807) is 16.2 Å². The van der Waals surface area contributed by atoms with Gasteiger partial charge in [0.05, 0.1) is 17.1 Å². The zero-order valence-corrected chi connectivity index (χ0v) is 12.7. The number of para-hydroxylation sites is 2. The number of ether oxygens (including phenoxy) is 1. The van der Waals surface area contributed by atoms with Crippen molar-refractivity contribution in [3.8, 4) is 0 Å². The highest BCUT2D eigenvalue weighted by Gasteiger charge is 2.16. The second-order valence-corrected chi connectivity index (χ2v) is 5.67. The first-order chi connectivity index (χ1) is 10.7. The van der Waals surface area contributed by atoms with E-state index in [1.807, 2.05) is 24.3 Å². The molecule has 1 aliphatic heterocycles. The van der Waals surface area contributed by atoms with Crippen molar-refractivity contribution in [2.45, 2.75) is 31.9 Å². The number of nitrogens with one attached hydrogen (secondary N) is 1. The van der Waals surface area contributed by atoms with Gasteiger partial charge in [0.2, 0.25) is 5.91 Å². The Bertz CT molecular complexity index is 726. The minimum absolute atomic E-state index is 0.0460. The molecule has 6 nitrogen and oxygen atoms in total. The number of aryl methyl sites for hydroxylation is 2. The van der Waals surface area contributed by atoms with Gasteiger partial charge < -0.3 is 10.1 Å². The number of aromatic nitrogens is 2. The Labute approximate surface area is 128 Å². The lowest BCUT2D eigenvalue weighted by Gasteiger charge is -2.10. The first-order valence-electron chi connectivity index (χ1n) is 7.69. The molecule has 6 heteroatoms. The molecule has 22 heavy (non-hydrogen) atoms. The Morgan fingerprint density at radius 2 is 2.14 bits per heavy atom. The number of carbonyl (C=O) groups excluding carboxylic acids is 1. The molecule has 1 fully saturated rings. The lowest BCUT2D eigenvalue weighted by Crippen LogP contribution is -2.33. The average molecular weight is 303 g/mol. The first kappa shape index (κ1) is 14.8. The van der Waals surface area contributed by atoms with E-state index in [0.29, 0.717) is 19.5 Å². The molecule has 1 aromatic carbocycles. The predicted octanol–water partition coefficient (Wildman–Crippen LogP) is 1.03. The third-order valence-electron chi connectivity index (χ3n) is 4.17. The molecule has 0 unspecified atom stereocenters. The largest absolute Gasteiger partial charge is 0.376 e. The van der Waals surface area contributed by atoms with E-state index < -0.39 is 0 Å². The summed E-state index contributed by atoms with van der Waals surface area (Å²) in [4.78, 5) is 24.2. The summed E-state index contributed by atoms with van der Waals surface area (Å²) >= 11 is 0. The number of hydrogen-bond donors (Lipinski definition) is 1. The maximum atomic E-state index is 12.2. The molecule has 0 saturated carbocycles. The molecule has 0 aliphatic carbocycles. The normalized spacial score (nSPS) is 18.0. The minimum Gasteiger partial charge on any atom is -0.376 e. The van der Waals surface area contributed by atoms with Crippen molar-refractivity contribution >= 4 is 16.9 Å². The van der Waals surface area contributed by atoms with E-state index in [-0.39, 0.29) is 17.7 Å². The highest BCUT2D eigenvalue weighted by molar-refractivity contribution is 5.77. The third kappa shape index (κ3) is 2.92. The van der Waals surface area contributed by atoms with Crippen LogP contribution in [0.5, 0.6) is 0 Å². The summed E-state index contributed by atoms with van der Waals surface area (Å²) in [6, 6.07) is 7.61. The number of imidazole rings is 1. The van der Waals surface area contributed by atoms with Crippen LogP contribution in [0.3, 0.4) is 0 Å². The number of hydrogen-bond acceptors (Lipinski definition) is 3. The Hall–Kier alpha value is -2.08. The van der Waals surface area contributed by atoms with Gasteiger partial charge in [0, 0.05) is 33.2 Å². The lowest BCUT2D eigenvalue weighted by atomic mass is 10.2. The van der Waals surface area contributed by atoms with Crippen LogP contribution in [0.2, 0.25) is 0 Å². The van der Waals surface area contributed by atoms with E-state index >= 15 is 0 Å². The standard InChI is InChI=1S/C16H21N3O3/c1-18-13-6-2-3-7-14(13)19(16(18)21)9-8-15(20)17-11-12-5-4-10-22-12/h2-3,6-7,12H,4-5,8-11H2,1H3,(H,17,20)/t12-/m0/s1. The van der Waals surface area contributed by atoms with E-state index in [4.69, 9.17) is 4.74 Å². The van der Waals surface area contributed by atoms with Gasteiger partial charge in [0.1, 0.15) is 0 Å². The SMILES string of the molecule is Cn1c(=O)n(CCC(=O)NC[C@@H]2CCCO2)c2ccccc21. The second-order valence-electron chi connectivity index (χ2n) is 5.67. The Kier molecular flexibility index (Phi) is 4.29. The number of rotatable bonds is 5. The summed E-state index contributed by atoms with van der Waals surface area (Å²) in [5, 5.41) is 2.88. The molecule has 1 amide bonds. The van der Waals surface area contributed by atoms with Crippen LogP contribution in [0.4, 0.5) is 0 Å². The molecule has 1 aromatic heterocycles. The first-order valence-corrected chi connectivity index (χ1v) is 7.69. The van der Waals surface area contributed by atoms with Gasteiger partial charge in [-0.05, 0) is 25.0 Å². The van der Waals surface area contributed by atoms with Crippen LogP contribution in [0.1, 0.15) is 19.3 Å².